The molecule has 0 aromatic carbocycles. The molecule has 0 bridgehead atoms. The second-order valence-corrected chi connectivity index (χ2v) is 3.37. The maximum absolute atomic E-state index is 11.2. The minimum absolute atomic E-state index is 0.0322. The third-order valence-corrected chi connectivity index (χ3v) is 2.12. The highest BCUT2D eigenvalue weighted by Gasteiger charge is 2.13. The van der Waals surface area contributed by atoms with Gasteiger partial charge in [0, 0.05) is 5.69 Å². The Morgan fingerprint density at radius 3 is 2.94 bits per heavy atom. The van der Waals surface area contributed by atoms with Crippen molar-refractivity contribution >= 4 is 11.7 Å². The summed E-state index contributed by atoms with van der Waals surface area (Å²) in [6.45, 7) is 1.83. The molecule has 0 saturated heterocycles. The fourth-order valence-electron chi connectivity index (χ4n) is 1.29. The van der Waals surface area contributed by atoms with Crippen molar-refractivity contribution in [3.05, 3.63) is 30.0 Å². The molecule has 2 heterocycles. The summed E-state index contributed by atoms with van der Waals surface area (Å²) in [7, 11) is 1.27. The number of nitrogen functional groups attached to an aromatic ring is 1. The second-order valence-electron chi connectivity index (χ2n) is 3.37. The van der Waals surface area contributed by atoms with Gasteiger partial charge >= 0.3 is 5.97 Å². The summed E-state index contributed by atoms with van der Waals surface area (Å²) in [5.74, 6) is -0.196. The van der Waals surface area contributed by atoms with Crippen molar-refractivity contribution in [1.82, 2.24) is 19.7 Å². The molecule has 0 amide bonds. The maximum atomic E-state index is 11.2. The first-order valence-corrected chi connectivity index (χ1v) is 4.85. The van der Waals surface area contributed by atoms with Gasteiger partial charge < -0.3 is 10.5 Å². The standard InChI is InChI=1S/C10H11N5O2/c1-6-3-4-7(11)9(13-6)15-5-12-8(14-15)10(16)17-2/h3-5H,11H2,1-2H3. The van der Waals surface area contributed by atoms with E-state index in [1.165, 1.54) is 18.1 Å². The summed E-state index contributed by atoms with van der Waals surface area (Å²) >= 11 is 0. The van der Waals surface area contributed by atoms with Gasteiger partial charge in [-0.1, -0.05) is 0 Å². The van der Waals surface area contributed by atoms with E-state index in [4.69, 9.17) is 5.73 Å². The Morgan fingerprint density at radius 2 is 2.24 bits per heavy atom. The number of nitrogens with zero attached hydrogens (tertiary/aromatic N) is 4. The van der Waals surface area contributed by atoms with Crippen molar-refractivity contribution in [1.29, 1.82) is 0 Å². The predicted molar refractivity (Wildman–Crippen MR) is 59.6 cm³/mol. The van der Waals surface area contributed by atoms with Gasteiger partial charge in [-0.2, -0.15) is 4.68 Å². The average molecular weight is 233 g/mol. The van der Waals surface area contributed by atoms with Crippen LogP contribution in [-0.4, -0.2) is 32.8 Å². The number of methoxy groups -OCH3 is 1. The minimum Gasteiger partial charge on any atom is -0.463 e. The van der Waals surface area contributed by atoms with E-state index in [0.717, 1.165) is 5.69 Å². The van der Waals surface area contributed by atoms with Crippen molar-refractivity contribution in [3.8, 4) is 5.82 Å². The molecule has 0 saturated carbocycles. The van der Waals surface area contributed by atoms with Crippen LogP contribution in [0.25, 0.3) is 5.82 Å². The van der Waals surface area contributed by atoms with Gasteiger partial charge in [0.2, 0.25) is 0 Å². The van der Waals surface area contributed by atoms with Gasteiger partial charge in [-0.15, -0.1) is 5.10 Å². The van der Waals surface area contributed by atoms with E-state index in [9.17, 15) is 4.79 Å². The zero-order valence-corrected chi connectivity index (χ0v) is 9.41. The van der Waals surface area contributed by atoms with E-state index in [1.54, 1.807) is 12.1 Å². The van der Waals surface area contributed by atoms with Crippen LogP contribution in [0.5, 0.6) is 0 Å². The lowest BCUT2D eigenvalue weighted by molar-refractivity contribution is 0.0587. The Kier molecular flexibility index (Phi) is 2.73. The van der Waals surface area contributed by atoms with Crippen LogP contribution in [0.2, 0.25) is 0 Å². The molecule has 0 spiro atoms. The number of carbonyl (C=O) groups excluding carboxylic acids is 1. The first-order valence-electron chi connectivity index (χ1n) is 4.85. The zero-order valence-electron chi connectivity index (χ0n) is 9.41. The number of hydrogen-bond acceptors (Lipinski definition) is 6. The number of rotatable bonds is 2. The summed E-state index contributed by atoms with van der Waals surface area (Å²) in [4.78, 5) is 19.2. The number of aryl methyl sites for hydroxylation is 1. The molecule has 2 aromatic heterocycles. The molecule has 2 aromatic rings. The Bertz CT molecular complexity index is 564. The number of aromatic nitrogens is 4. The SMILES string of the molecule is COC(=O)c1ncn(-c2nc(C)ccc2N)n1. The molecule has 0 aliphatic heterocycles. The number of hydrogen-bond donors (Lipinski definition) is 1. The first kappa shape index (κ1) is 11.1. The molecule has 0 fully saturated rings. The zero-order chi connectivity index (χ0) is 12.4. The van der Waals surface area contributed by atoms with Crippen LogP contribution in [0, 0.1) is 6.92 Å². The van der Waals surface area contributed by atoms with Gasteiger partial charge in [-0.25, -0.2) is 14.8 Å². The molecule has 17 heavy (non-hydrogen) atoms. The van der Waals surface area contributed by atoms with Crippen LogP contribution in [0.15, 0.2) is 18.5 Å². The molecule has 2 rings (SSSR count). The largest absolute Gasteiger partial charge is 0.463 e. The van der Waals surface area contributed by atoms with Gasteiger partial charge in [0.05, 0.1) is 12.8 Å². The third kappa shape index (κ3) is 2.07. The first-order chi connectivity index (χ1) is 8.11. The van der Waals surface area contributed by atoms with E-state index in [2.05, 4.69) is 19.8 Å². The van der Waals surface area contributed by atoms with Crippen LogP contribution < -0.4 is 5.73 Å². The van der Waals surface area contributed by atoms with E-state index in [1.807, 2.05) is 6.92 Å². The monoisotopic (exact) mass is 233 g/mol. The number of esters is 1. The molecule has 0 radical (unpaired) electrons. The van der Waals surface area contributed by atoms with Crippen LogP contribution >= 0.6 is 0 Å². The Labute approximate surface area is 97.2 Å². The van der Waals surface area contributed by atoms with Gasteiger partial charge in [0.1, 0.15) is 6.33 Å². The molecule has 88 valence electrons. The Balaban J connectivity index is 2.43. The van der Waals surface area contributed by atoms with Crippen LogP contribution in [0.3, 0.4) is 0 Å². The maximum Gasteiger partial charge on any atom is 0.377 e. The highest BCUT2D eigenvalue weighted by Crippen LogP contribution is 2.13. The normalized spacial score (nSPS) is 10.2. The lowest BCUT2D eigenvalue weighted by Crippen LogP contribution is -2.07. The van der Waals surface area contributed by atoms with Crippen LogP contribution in [-0.2, 0) is 4.74 Å². The van der Waals surface area contributed by atoms with Gasteiger partial charge in [-0.3, -0.25) is 0 Å². The molecule has 0 atom stereocenters. The number of anilines is 1. The molecule has 0 aliphatic carbocycles. The molecule has 2 N–H and O–H groups in total. The quantitative estimate of drug-likeness (QED) is 0.751. The summed E-state index contributed by atoms with van der Waals surface area (Å²) < 4.78 is 5.85. The smallest absolute Gasteiger partial charge is 0.377 e. The van der Waals surface area contributed by atoms with E-state index < -0.39 is 5.97 Å². The van der Waals surface area contributed by atoms with Gasteiger partial charge in [0.15, 0.2) is 5.82 Å². The number of ether oxygens (including phenoxy) is 1. The average Bonchev–Trinajstić information content (AvgIpc) is 2.80. The van der Waals surface area contributed by atoms with Crippen molar-refractivity contribution in [2.45, 2.75) is 6.92 Å². The summed E-state index contributed by atoms with van der Waals surface area (Å²) in [6.07, 6.45) is 1.37. The number of pyridine rings is 1. The molecule has 0 unspecified atom stereocenters. The van der Waals surface area contributed by atoms with Crippen molar-refractivity contribution in [3.63, 3.8) is 0 Å². The Hall–Kier alpha value is -2.44. The summed E-state index contributed by atoms with van der Waals surface area (Å²) in [5, 5.41) is 3.94. The fraction of sp³-hybridized carbons (Fsp3) is 0.200. The van der Waals surface area contributed by atoms with E-state index in [-0.39, 0.29) is 5.82 Å². The van der Waals surface area contributed by atoms with Gasteiger partial charge in [0.25, 0.3) is 5.82 Å². The minimum atomic E-state index is -0.602. The number of nitrogens with two attached hydrogens (primary N) is 1. The fourth-order valence-corrected chi connectivity index (χ4v) is 1.29. The highest BCUT2D eigenvalue weighted by atomic mass is 16.5. The second kappa shape index (κ2) is 4.20. The Morgan fingerprint density at radius 1 is 1.47 bits per heavy atom. The molecular formula is C10H11N5O2. The number of carbonyl (C=O) groups is 1. The van der Waals surface area contributed by atoms with Crippen LogP contribution in [0.4, 0.5) is 5.69 Å². The molecule has 7 heteroatoms. The van der Waals surface area contributed by atoms with Crippen molar-refractivity contribution in [2.75, 3.05) is 12.8 Å². The molecular weight excluding hydrogens is 222 g/mol. The molecule has 0 aliphatic rings. The summed E-state index contributed by atoms with van der Waals surface area (Å²) in [5.41, 5.74) is 7.02. The topological polar surface area (TPSA) is 95.9 Å². The van der Waals surface area contributed by atoms with Crippen molar-refractivity contribution < 1.29 is 9.53 Å². The van der Waals surface area contributed by atoms with Gasteiger partial charge in [-0.05, 0) is 19.1 Å². The third-order valence-electron chi connectivity index (χ3n) is 2.12. The lowest BCUT2D eigenvalue weighted by atomic mass is 10.3. The van der Waals surface area contributed by atoms with E-state index >= 15 is 0 Å². The predicted octanol–water partition coefficient (Wildman–Crippen LogP) is 0.340. The van der Waals surface area contributed by atoms with E-state index in [0.29, 0.717) is 11.5 Å². The van der Waals surface area contributed by atoms with Crippen LogP contribution in [0.1, 0.15) is 16.3 Å². The lowest BCUT2D eigenvalue weighted by Gasteiger charge is -2.04. The van der Waals surface area contributed by atoms with Crippen molar-refractivity contribution in [2.24, 2.45) is 0 Å². The summed E-state index contributed by atoms with van der Waals surface area (Å²) in [6, 6.07) is 3.51. The molecule has 7 nitrogen and oxygen atoms in total. The highest BCUT2D eigenvalue weighted by molar-refractivity contribution is 5.84.